The van der Waals surface area contributed by atoms with E-state index < -0.39 is 0 Å². The number of hydrogen-bond acceptors (Lipinski definition) is 2. The molecule has 5 rings (SSSR count). The first-order valence-electron chi connectivity index (χ1n) is 11.1. The predicted octanol–water partition coefficient (Wildman–Crippen LogP) is 6.55. The second-order valence-electron chi connectivity index (χ2n) is 8.17. The van der Waals surface area contributed by atoms with E-state index >= 15 is 0 Å². The van der Waals surface area contributed by atoms with Crippen molar-refractivity contribution in [1.82, 2.24) is 0 Å². The highest BCUT2D eigenvalue weighted by Gasteiger charge is 2.21. The number of hydrogen-bond donors (Lipinski definition) is 0. The third-order valence-corrected chi connectivity index (χ3v) is 6.06. The Morgan fingerprint density at radius 3 is 2.63 bits per heavy atom. The topological polar surface area (TPSA) is 26.2 Å². The molecule has 3 nitrogen and oxygen atoms in total. The lowest BCUT2D eigenvalue weighted by Crippen LogP contribution is -2.36. The van der Waals surface area contributed by atoms with Gasteiger partial charge in [0.15, 0.2) is 6.54 Å². The number of aryl methyl sites for hydroxylation is 1. The lowest BCUT2D eigenvalue weighted by atomic mass is 10.1. The molecular formula is C27H28NO2+. The van der Waals surface area contributed by atoms with Gasteiger partial charge in [-0.2, -0.15) is 4.57 Å². The first kappa shape index (κ1) is 18.9. The van der Waals surface area contributed by atoms with E-state index in [1.807, 2.05) is 12.1 Å². The summed E-state index contributed by atoms with van der Waals surface area (Å²) in [4.78, 5) is 0. The molecule has 0 spiro atoms. The molecule has 1 heterocycles. The standard InChI is InChI=1S/C27H28NO2/c1-2-9-21(8-1)14-17-27-28(25-12-5-6-13-26(25)30-27)18-7-19-29-24-16-15-22-10-3-4-11-23(22)20-24/h3-6,10-17,20-21H,1-2,7-9,18-19H2/q+1. The Hall–Kier alpha value is -3.07. The molecule has 0 amide bonds. The third-order valence-electron chi connectivity index (χ3n) is 6.06. The van der Waals surface area contributed by atoms with Crippen LogP contribution < -0.4 is 9.30 Å². The van der Waals surface area contributed by atoms with Crippen LogP contribution >= 0.6 is 0 Å². The summed E-state index contributed by atoms with van der Waals surface area (Å²) in [7, 11) is 0. The van der Waals surface area contributed by atoms with Gasteiger partial charge in [0.1, 0.15) is 5.75 Å². The summed E-state index contributed by atoms with van der Waals surface area (Å²) in [5, 5.41) is 2.45. The number of rotatable bonds is 7. The number of allylic oxidation sites excluding steroid dienone is 1. The lowest BCUT2D eigenvalue weighted by molar-refractivity contribution is -0.678. The Morgan fingerprint density at radius 1 is 0.933 bits per heavy atom. The number of para-hydroxylation sites is 2. The largest absolute Gasteiger partial charge is 0.493 e. The average Bonchev–Trinajstić information content (AvgIpc) is 3.43. The molecule has 3 heteroatoms. The molecule has 0 bridgehead atoms. The van der Waals surface area contributed by atoms with Crippen LogP contribution in [0.1, 0.15) is 38.0 Å². The Kier molecular flexibility index (Phi) is 5.52. The number of ether oxygens (including phenoxy) is 1. The van der Waals surface area contributed by atoms with E-state index in [9.17, 15) is 0 Å². The van der Waals surface area contributed by atoms with Crippen molar-refractivity contribution in [2.45, 2.75) is 38.6 Å². The summed E-state index contributed by atoms with van der Waals surface area (Å²) in [5.41, 5.74) is 2.09. The minimum atomic E-state index is 0.677. The maximum absolute atomic E-state index is 6.16. The van der Waals surface area contributed by atoms with Crippen molar-refractivity contribution in [3.8, 4) is 5.75 Å². The summed E-state index contributed by atoms with van der Waals surface area (Å²) in [6.07, 6.45) is 10.7. The van der Waals surface area contributed by atoms with Crippen molar-refractivity contribution >= 4 is 27.9 Å². The van der Waals surface area contributed by atoms with E-state index in [2.05, 4.69) is 71.3 Å². The zero-order chi connectivity index (χ0) is 20.2. The molecule has 0 saturated heterocycles. The highest BCUT2D eigenvalue weighted by molar-refractivity contribution is 5.83. The second kappa shape index (κ2) is 8.74. The minimum absolute atomic E-state index is 0.677. The number of benzene rings is 3. The van der Waals surface area contributed by atoms with Crippen LogP contribution in [0.4, 0.5) is 0 Å². The predicted molar refractivity (Wildman–Crippen MR) is 121 cm³/mol. The molecule has 1 aliphatic rings. The lowest BCUT2D eigenvalue weighted by Gasteiger charge is -2.06. The van der Waals surface area contributed by atoms with Crippen LogP contribution in [0.2, 0.25) is 0 Å². The van der Waals surface area contributed by atoms with Crippen LogP contribution in [0, 0.1) is 5.92 Å². The number of aromatic nitrogens is 1. The monoisotopic (exact) mass is 398 g/mol. The molecule has 1 aliphatic carbocycles. The van der Waals surface area contributed by atoms with Crippen LogP contribution in [-0.4, -0.2) is 6.61 Å². The maximum atomic E-state index is 6.16. The first-order chi connectivity index (χ1) is 14.9. The van der Waals surface area contributed by atoms with E-state index in [4.69, 9.17) is 9.15 Å². The molecule has 1 aromatic heterocycles. The molecule has 0 radical (unpaired) electrons. The van der Waals surface area contributed by atoms with Gasteiger partial charge in [-0.05, 0) is 47.7 Å². The molecule has 3 aromatic carbocycles. The smallest absolute Gasteiger partial charge is 0.373 e. The van der Waals surface area contributed by atoms with Crippen LogP contribution in [0.15, 0.2) is 77.2 Å². The van der Waals surface area contributed by atoms with Gasteiger partial charge in [0, 0.05) is 18.6 Å². The molecule has 1 fully saturated rings. The van der Waals surface area contributed by atoms with Crippen molar-refractivity contribution in [3.05, 3.63) is 78.7 Å². The zero-order valence-corrected chi connectivity index (χ0v) is 17.3. The Balaban J connectivity index is 1.27. The van der Waals surface area contributed by atoms with Gasteiger partial charge in [0.05, 0.1) is 6.61 Å². The van der Waals surface area contributed by atoms with Gasteiger partial charge in [-0.3, -0.25) is 0 Å². The minimum Gasteiger partial charge on any atom is -0.493 e. The fraction of sp³-hybridized carbons (Fsp3) is 0.296. The van der Waals surface area contributed by atoms with E-state index in [0.29, 0.717) is 12.5 Å². The van der Waals surface area contributed by atoms with Gasteiger partial charge in [0.25, 0.3) is 5.52 Å². The van der Waals surface area contributed by atoms with Crippen LogP contribution in [0.5, 0.6) is 5.75 Å². The van der Waals surface area contributed by atoms with Gasteiger partial charge in [-0.1, -0.05) is 61.4 Å². The molecule has 4 aromatic rings. The molecule has 152 valence electrons. The molecule has 30 heavy (non-hydrogen) atoms. The van der Waals surface area contributed by atoms with Crippen LogP contribution in [0.25, 0.3) is 27.9 Å². The van der Waals surface area contributed by atoms with E-state index in [1.165, 1.54) is 36.5 Å². The SMILES string of the molecule is C(=CC1CCCC1)c1oc2ccccc2[n+]1CCCOc1ccc2ccccc2c1. The van der Waals surface area contributed by atoms with Crippen molar-refractivity contribution in [2.75, 3.05) is 6.61 Å². The van der Waals surface area contributed by atoms with Gasteiger partial charge >= 0.3 is 5.89 Å². The van der Waals surface area contributed by atoms with Gasteiger partial charge in [0.2, 0.25) is 5.58 Å². The highest BCUT2D eigenvalue weighted by atomic mass is 16.5. The van der Waals surface area contributed by atoms with E-state index in [0.717, 1.165) is 35.7 Å². The third kappa shape index (κ3) is 4.11. The quantitative estimate of drug-likeness (QED) is 0.261. The fourth-order valence-electron chi connectivity index (χ4n) is 4.45. The summed E-state index contributed by atoms with van der Waals surface area (Å²) in [6, 6.07) is 23.0. The number of nitrogens with zero attached hydrogens (tertiary/aromatic N) is 1. The summed E-state index contributed by atoms with van der Waals surface area (Å²) in [5.74, 6) is 2.56. The first-order valence-corrected chi connectivity index (χ1v) is 11.1. The second-order valence-corrected chi connectivity index (χ2v) is 8.17. The Bertz CT molecular complexity index is 1170. The number of oxazole rings is 1. The summed E-state index contributed by atoms with van der Waals surface area (Å²) >= 11 is 0. The average molecular weight is 399 g/mol. The van der Waals surface area contributed by atoms with Gasteiger partial charge in [-0.25, -0.2) is 0 Å². The normalized spacial score (nSPS) is 14.9. The maximum Gasteiger partial charge on any atom is 0.373 e. The van der Waals surface area contributed by atoms with Crippen molar-refractivity contribution < 1.29 is 13.7 Å². The van der Waals surface area contributed by atoms with Crippen molar-refractivity contribution in [3.63, 3.8) is 0 Å². The molecule has 0 unspecified atom stereocenters. The zero-order valence-electron chi connectivity index (χ0n) is 17.3. The molecule has 1 saturated carbocycles. The van der Waals surface area contributed by atoms with Crippen molar-refractivity contribution in [2.24, 2.45) is 5.92 Å². The fourth-order valence-corrected chi connectivity index (χ4v) is 4.45. The van der Waals surface area contributed by atoms with Crippen LogP contribution in [-0.2, 0) is 6.54 Å². The highest BCUT2D eigenvalue weighted by Crippen LogP contribution is 2.26. The van der Waals surface area contributed by atoms with Gasteiger partial charge < -0.3 is 9.15 Å². The molecular weight excluding hydrogens is 370 g/mol. The molecule has 0 aliphatic heterocycles. The van der Waals surface area contributed by atoms with E-state index in [-0.39, 0.29) is 0 Å². The summed E-state index contributed by atoms with van der Waals surface area (Å²) in [6.45, 7) is 1.55. The summed E-state index contributed by atoms with van der Waals surface area (Å²) < 4.78 is 14.5. The van der Waals surface area contributed by atoms with Crippen molar-refractivity contribution in [1.29, 1.82) is 0 Å². The van der Waals surface area contributed by atoms with Gasteiger partial charge in [-0.15, -0.1) is 0 Å². The Morgan fingerprint density at radius 2 is 1.73 bits per heavy atom. The van der Waals surface area contributed by atoms with Crippen LogP contribution in [0.3, 0.4) is 0 Å². The molecule has 0 N–H and O–H groups in total. The van der Waals surface area contributed by atoms with E-state index in [1.54, 1.807) is 0 Å². The number of fused-ring (bicyclic) bond motifs is 2. The molecule has 0 atom stereocenters. The Labute approximate surface area is 177 Å².